The van der Waals surface area contributed by atoms with Gasteiger partial charge in [-0.3, -0.25) is 4.99 Å². The Balaban J connectivity index is 0.00000261. The Bertz CT molecular complexity index is 680. The maximum atomic E-state index is 4.79. The molecule has 2 aromatic heterocycles. The number of thiazole rings is 1. The summed E-state index contributed by atoms with van der Waals surface area (Å²) in [4.78, 5) is 13.3. The molecule has 1 aliphatic heterocycles. The number of guanidine groups is 1. The Kier molecular flexibility index (Phi) is 9.84. The number of aliphatic imine (C=N–C) groups is 1. The van der Waals surface area contributed by atoms with Gasteiger partial charge in [0.25, 0.3) is 0 Å². The lowest BCUT2D eigenvalue weighted by Gasteiger charge is -2.13. The zero-order chi connectivity index (χ0) is 18.2. The van der Waals surface area contributed by atoms with Crippen LogP contribution in [0.15, 0.2) is 27.9 Å². The summed E-state index contributed by atoms with van der Waals surface area (Å²) >= 11 is 3.57. The number of aromatic nitrogens is 1. The average molecular weight is 520 g/mol. The van der Waals surface area contributed by atoms with Crippen molar-refractivity contribution in [3.8, 4) is 0 Å². The number of nitrogens with zero attached hydrogens (tertiary/aromatic N) is 3. The molecule has 3 heterocycles. The molecule has 0 spiro atoms. The molecule has 0 radical (unpaired) electrons. The summed E-state index contributed by atoms with van der Waals surface area (Å²) in [6.45, 7) is 9.16. The highest BCUT2D eigenvalue weighted by atomic mass is 127. The molecule has 0 aromatic carbocycles. The summed E-state index contributed by atoms with van der Waals surface area (Å²) < 4.78 is 0. The molecule has 2 aromatic rings. The van der Waals surface area contributed by atoms with E-state index in [9.17, 15) is 0 Å². The predicted octanol–water partition coefficient (Wildman–Crippen LogP) is 4.32. The van der Waals surface area contributed by atoms with E-state index in [1.165, 1.54) is 28.5 Å². The van der Waals surface area contributed by atoms with Gasteiger partial charge in [0.1, 0.15) is 0 Å². The van der Waals surface area contributed by atoms with Crippen molar-refractivity contribution in [2.24, 2.45) is 4.99 Å². The van der Waals surface area contributed by atoms with Crippen LogP contribution in [0.1, 0.15) is 43.2 Å². The van der Waals surface area contributed by atoms with E-state index in [0.717, 1.165) is 45.1 Å². The first-order chi connectivity index (χ1) is 12.8. The number of rotatable bonds is 8. The highest BCUT2D eigenvalue weighted by Crippen LogP contribution is 2.24. The van der Waals surface area contributed by atoms with Crippen LogP contribution in [0.5, 0.6) is 0 Å². The lowest BCUT2D eigenvalue weighted by atomic mass is 10.1. The maximum absolute atomic E-state index is 4.79. The summed E-state index contributed by atoms with van der Waals surface area (Å²) in [7, 11) is 0. The summed E-state index contributed by atoms with van der Waals surface area (Å²) in [5.41, 5.74) is 1.17. The van der Waals surface area contributed by atoms with Gasteiger partial charge < -0.3 is 15.5 Å². The van der Waals surface area contributed by atoms with Crippen LogP contribution < -0.4 is 15.5 Å². The summed E-state index contributed by atoms with van der Waals surface area (Å²) in [6, 6.07) is 4.29. The van der Waals surface area contributed by atoms with Gasteiger partial charge in [-0.1, -0.05) is 13.0 Å². The molecular formula is C19H30IN5S2. The quantitative estimate of drug-likeness (QED) is 0.310. The van der Waals surface area contributed by atoms with Gasteiger partial charge in [0.15, 0.2) is 11.1 Å². The number of halogens is 1. The Hall–Kier alpha value is -0.870. The van der Waals surface area contributed by atoms with E-state index in [1.54, 1.807) is 22.7 Å². The fourth-order valence-corrected chi connectivity index (χ4v) is 4.70. The summed E-state index contributed by atoms with van der Waals surface area (Å²) in [6.07, 6.45) is 3.51. The number of anilines is 1. The Morgan fingerprint density at radius 2 is 2.11 bits per heavy atom. The van der Waals surface area contributed by atoms with E-state index in [-0.39, 0.29) is 24.0 Å². The molecule has 0 bridgehead atoms. The van der Waals surface area contributed by atoms with Gasteiger partial charge in [0, 0.05) is 48.8 Å². The van der Waals surface area contributed by atoms with Gasteiger partial charge in [0.05, 0.1) is 12.2 Å². The van der Waals surface area contributed by atoms with Crippen molar-refractivity contribution in [1.82, 2.24) is 15.6 Å². The van der Waals surface area contributed by atoms with Gasteiger partial charge in [-0.2, -0.15) is 0 Å². The van der Waals surface area contributed by atoms with Crippen molar-refractivity contribution >= 4 is 57.7 Å². The third-order valence-corrected chi connectivity index (χ3v) is 6.54. The Labute approximate surface area is 187 Å². The minimum Gasteiger partial charge on any atom is -0.357 e. The zero-order valence-electron chi connectivity index (χ0n) is 16.1. The molecule has 2 N–H and O–H groups in total. The summed E-state index contributed by atoms with van der Waals surface area (Å²) in [5, 5.41) is 12.3. The molecule has 150 valence electrons. The summed E-state index contributed by atoms with van der Waals surface area (Å²) in [5.74, 6) is 1.35. The van der Waals surface area contributed by atoms with E-state index in [4.69, 9.17) is 9.98 Å². The molecule has 27 heavy (non-hydrogen) atoms. The largest absolute Gasteiger partial charge is 0.357 e. The highest BCUT2D eigenvalue weighted by molar-refractivity contribution is 14.0. The van der Waals surface area contributed by atoms with Crippen LogP contribution in [0.25, 0.3) is 0 Å². The van der Waals surface area contributed by atoms with E-state index in [2.05, 4.69) is 52.3 Å². The molecule has 5 nitrogen and oxygen atoms in total. The van der Waals surface area contributed by atoms with Crippen LogP contribution >= 0.6 is 46.7 Å². The van der Waals surface area contributed by atoms with Gasteiger partial charge in [-0.15, -0.1) is 46.7 Å². The lowest BCUT2D eigenvalue weighted by Crippen LogP contribution is -2.38. The van der Waals surface area contributed by atoms with Crippen molar-refractivity contribution < 1.29 is 0 Å². The van der Waals surface area contributed by atoms with Crippen molar-refractivity contribution in [3.63, 3.8) is 0 Å². The smallest absolute Gasteiger partial charge is 0.191 e. The fraction of sp³-hybridized carbons (Fsp3) is 0.579. The van der Waals surface area contributed by atoms with Crippen LogP contribution in [-0.2, 0) is 6.42 Å². The van der Waals surface area contributed by atoms with Gasteiger partial charge in [0.2, 0.25) is 0 Å². The van der Waals surface area contributed by atoms with Gasteiger partial charge in [-0.25, -0.2) is 4.98 Å². The zero-order valence-corrected chi connectivity index (χ0v) is 20.1. The topological polar surface area (TPSA) is 52.6 Å². The molecule has 0 amide bonds. The molecule has 1 fully saturated rings. The lowest BCUT2D eigenvalue weighted by molar-refractivity contribution is 0.752. The van der Waals surface area contributed by atoms with E-state index >= 15 is 0 Å². The minimum atomic E-state index is 0. The monoisotopic (exact) mass is 519 g/mol. The predicted molar refractivity (Wildman–Crippen MR) is 129 cm³/mol. The van der Waals surface area contributed by atoms with Crippen LogP contribution in [-0.4, -0.2) is 43.7 Å². The standard InChI is InChI=1S/C19H29N5S2.HI/c1-3-20-18(22-13-15(2)17-7-6-12-25-17)21-9-8-16-14-26-19(23-16)24-10-4-5-11-24;/h6-7,12,14-15H,3-5,8-11,13H2,1-2H3,(H2,20,21,22);1H. The van der Waals surface area contributed by atoms with Crippen molar-refractivity contribution in [3.05, 3.63) is 33.5 Å². The first-order valence-corrected chi connectivity index (χ1v) is 11.3. The average Bonchev–Trinajstić information content (AvgIpc) is 3.41. The third kappa shape index (κ3) is 6.90. The number of hydrogen-bond acceptors (Lipinski definition) is 5. The second-order valence-electron chi connectivity index (χ2n) is 6.63. The molecule has 8 heteroatoms. The molecule has 1 unspecified atom stereocenters. The molecule has 1 atom stereocenters. The fourth-order valence-electron chi connectivity index (χ4n) is 3.01. The normalized spacial score (nSPS) is 15.5. The van der Waals surface area contributed by atoms with Crippen molar-refractivity contribution in [2.75, 3.05) is 37.6 Å². The van der Waals surface area contributed by atoms with E-state index in [1.807, 2.05) is 0 Å². The van der Waals surface area contributed by atoms with E-state index < -0.39 is 0 Å². The molecule has 0 saturated carbocycles. The number of nitrogens with one attached hydrogen (secondary N) is 2. The van der Waals surface area contributed by atoms with Crippen molar-refractivity contribution in [1.29, 1.82) is 0 Å². The number of thiophene rings is 1. The maximum Gasteiger partial charge on any atom is 0.191 e. The van der Waals surface area contributed by atoms with Crippen LogP contribution in [0.4, 0.5) is 5.13 Å². The van der Waals surface area contributed by atoms with Crippen LogP contribution in [0.3, 0.4) is 0 Å². The first kappa shape index (κ1) is 22.4. The van der Waals surface area contributed by atoms with Crippen LogP contribution in [0.2, 0.25) is 0 Å². The molecular weight excluding hydrogens is 489 g/mol. The SMILES string of the molecule is CCNC(=NCC(C)c1cccs1)NCCc1csc(N2CCCC2)n1.I. The number of hydrogen-bond donors (Lipinski definition) is 2. The first-order valence-electron chi connectivity index (χ1n) is 9.51. The Morgan fingerprint density at radius 1 is 1.30 bits per heavy atom. The van der Waals surface area contributed by atoms with Crippen LogP contribution in [0, 0.1) is 0 Å². The van der Waals surface area contributed by atoms with E-state index in [0.29, 0.717) is 5.92 Å². The van der Waals surface area contributed by atoms with Crippen molar-refractivity contribution in [2.45, 2.75) is 39.0 Å². The second kappa shape index (κ2) is 11.9. The molecule has 3 rings (SSSR count). The minimum absolute atomic E-state index is 0. The van der Waals surface area contributed by atoms with Gasteiger partial charge >= 0.3 is 0 Å². The third-order valence-electron chi connectivity index (χ3n) is 4.49. The Morgan fingerprint density at radius 3 is 2.81 bits per heavy atom. The molecule has 1 aliphatic rings. The highest BCUT2D eigenvalue weighted by Gasteiger charge is 2.15. The molecule has 0 aliphatic carbocycles. The second-order valence-corrected chi connectivity index (χ2v) is 8.44. The molecule has 1 saturated heterocycles. The van der Waals surface area contributed by atoms with Gasteiger partial charge in [-0.05, 0) is 31.2 Å².